The van der Waals surface area contributed by atoms with Crippen LogP contribution in [-0.2, 0) is 6.54 Å². The zero-order valence-corrected chi connectivity index (χ0v) is 10.1. The Kier molecular flexibility index (Phi) is 3.81. The van der Waals surface area contributed by atoms with E-state index in [0.29, 0.717) is 12.1 Å². The van der Waals surface area contributed by atoms with Crippen LogP contribution in [0.25, 0.3) is 0 Å². The molecule has 1 aromatic carbocycles. The van der Waals surface area contributed by atoms with Gasteiger partial charge in [-0.15, -0.1) is 11.3 Å². The average molecular weight is 254 g/mol. The minimum atomic E-state index is -0.550. The fourth-order valence-corrected chi connectivity index (χ4v) is 2.07. The molecule has 0 amide bonds. The largest absolute Gasteiger partial charge is 0.305 e. The Morgan fingerprint density at radius 1 is 1.29 bits per heavy atom. The lowest BCUT2D eigenvalue weighted by Gasteiger charge is -2.13. The van der Waals surface area contributed by atoms with E-state index < -0.39 is 11.6 Å². The van der Waals surface area contributed by atoms with Crippen LogP contribution in [0.5, 0.6) is 0 Å². The molecule has 2 nitrogen and oxygen atoms in total. The molecule has 0 bridgehead atoms. The van der Waals surface area contributed by atoms with Gasteiger partial charge in [0.25, 0.3) is 0 Å². The number of nitrogens with one attached hydrogen (secondary N) is 1. The standard InChI is InChI=1S/C12H12F2N2S/c1-8(16-6-12-5-15-7-17-12)9-2-10(13)4-11(14)3-9/h2-5,7-8,16H,6H2,1H3. The van der Waals surface area contributed by atoms with Crippen molar-refractivity contribution in [3.63, 3.8) is 0 Å². The zero-order valence-electron chi connectivity index (χ0n) is 9.28. The third-order valence-electron chi connectivity index (χ3n) is 2.45. The minimum absolute atomic E-state index is 0.109. The van der Waals surface area contributed by atoms with E-state index in [4.69, 9.17) is 0 Å². The lowest BCUT2D eigenvalue weighted by molar-refractivity contribution is 0.547. The third-order valence-corrected chi connectivity index (χ3v) is 3.23. The average Bonchev–Trinajstić information content (AvgIpc) is 2.77. The monoisotopic (exact) mass is 254 g/mol. The number of halogens is 2. The molecular formula is C12H12F2N2S. The van der Waals surface area contributed by atoms with Crippen molar-refractivity contribution in [3.05, 3.63) is 52.0 Å². The van der Waals surface area contributed by atoms with Crippen LogP contribution in [0.3, 0.4) is 0 Å². The summed E-state index contributed by atoms with van der Waals surface area (Å²) in [5, 5.41) is 3.19. The van der Waals surface area contributed by atoms with E-state index in [1.165, 1.54) is 12.1 Å². The second-order valence-corrected chi connectivity index (χ2v) is 4.74. The fraction of sp³-hybridized carbons (Fsp3) is 0.250. The molecule has 0 aliphatic carbocycles. The summed E-state index contributed by atoms with van der Waals surface area (Å²) < 4.78 is 26.1. The van der Waals surface area contributed by atoms with Crippen LogP contribution >= 0.6 is 11.3 Å². The van der Waals surface area contributed by atoms with E-state index >= 15 is 0 Å². The maximum absolute atomic E-state index is 13.0. The topological polar surface area (TPSA) is 24.9 Å². The Bertz CT molecular complexity index is 465. The van der Waals surface area contributed by atoms with Crippen molar-refractivity contribution in [2.75, 3.05) is 0 Å². The number of thiazole rings is 1. The second-order valence-electron chi connectivity index (χ2n) is 3.77. The molecule has 90 valence electrons. The maximum Gasteiger partial charge on any atom is 0.126 e. The zero-order chi connectivity index (χ0) is 12.3. The smallest absolute Gasteiger partial charge is 0.126 e. The number of nitrogens with zero attached hydrogens (tertiary/aromatic N) is 1. The summed E-state index contributed by atoms with van der Waals surface area (Å²) in [6.45, 7) is 2.51. The number of aromatic nitrogens is 1. The van der Waals surface area contributed by atoms with Crippen molar-refractivity contribution < 1.29 is 8.78 Å². The molecule has 0 saturated carbocycles. The normalized spacial score (nSPS) is 12.6. The van der Waals surface area contributed by atoms with Gasteiger partial charge in [-0.25, -0.2) is 8.78 Å². The van der Waals surface area contributed by atoms with Gasteiger partial charge in [0.1, 0.15) is 11.6 Å². The highest BCUT2D eigenvalue weighted by Gasteiger charge is 2.08. The molecule has 2 aromatic rings. The van der Waals surface area contributed by atoms with Gasteiger partial charge in [-0.1, -0.05) is 0 Å². The Balaban J connectivity index is 2.01. The molecule has 1 unspecified atom stereocenters. The Hall–Kier alpha value is -1.33. The Labute approximate surface area is 102 Å². The Morgan fingerprint density at radius 2 is 2.00 bits per heavy atom. The molecule has 1 atom stereocenters. The van der Waals surface area contributed by atoms with Crippen molar-refractivity contribution in [1.29, 1.82) is 0 Å². The van der Waals surface area contributed by atoms with Crippen LogP contribution in [0.2, 0.25) is 0 Å². The van der Waals surface area contributed by atoms with Gasteiger partial charge in [0.15, 0.2) is 0 Å². The summed E-state index contributed by atoms with van der Waals surface area (Å²) in [5.74, 6) is -1.10. The summed E-state index contributed by atoms with van der Waals surface area (Å²) >= 11 is 1.54. The third kappa shape index (κ3) is 3.31. The van der Waals surface area contributed by atoms with E-state index in [1.54, 1.807) is 23.0 Å². The van der Waals surface area contributed by atoms with Crippen LogP contribution in [0.15, 0.2) is 29.9 Å². The molecule has 0 saturated heterocycles. The molecule has 1 N–H and O–H groups in total. The highest BCUT2D eigenvalue weighted by molar-refractivity contribution is 7.09. The number of benzene rings is 1. The van der Waals surface area contributed by atoms with E-state index in [1.807, 2.05) is 6.92 Å². The highest BCUT2D eigenvalue weighted by Crippen LogP contribution is 2.17. The van der Waals surface area contributed by atoms with Crippen molar-refractivity contribution in [2.45, 2.75) is 19.5 Å². The van der Waals surface area contributed by atoms with Gasteiger partial charge in [0.2, 0.25) is 0 Å². The van der Waals surface area contributed by atoms with Gasteiger partial charge in [-0.05, 0) is 24.6 Å². The summed E-state index contributed by atoms with van der Waals surface area (Å²) in [5.41, 5.74) is 2.36. The molecule has 0 aliphatic rings. The number of rotatable bonds is 4. The minimum Gasteiger partial charge on any atom is -0.305 e. The van der Waals surface area contributed by atoms with Crippen LogP contribution in [0.1, 0.15) is 23.4 Å². The Morgan fingerprint density at radius 3 is 2.59 bits per heavy atom. The summed E-state index contributed by atoms with van der Waals surface area (Å²) in [7, 11) is 0. The van der Waals surface area contributed by atoms with Crippen LogP contribution in [0, 0.1) is 11.6 Å². The maximum atomic E-state index is 13.0. The highest BCUT2D eigenvalue weighted by atomic mass is 32.1. The lowest BCUT2D eigenvalue weighted by Crippen LogP contribution is -2.17. The molecule has 0 aliphatic heterocycles. The molecule has 0 radical (unpaired) electrons. The van der Waals surface area contributed by atoms with E-state index in [0.717, 1.165) is 10.9 Å². The first-order chi connectivity index (χ1) is 8.15. The van der Waals surface area contributed by atoms with Crippen molar-refractivity contribution in [2.24, 2.45) is 0 Å². The van der Waals surface area contributed by atoms with Crippen molar-refractivity contribution >= 4 is 11.3 Å². The quantitative estimate of drug-likeness (QED) is 0.905. The van der Waals surface area contributed by atoms with Crippen molar-refractivity contribution in [1.82, 2.24) is 10.3 Å². The van der Waals surface area contributed by atoms with E-state index in [-0.39, 0.29) is 6.04 Å². The van der Waals surface area contributed by atoms with Crippen LogP contribution < -0.4 is 5.32 Å². The molecule has 1 aromatic heterocycles. The van der Waals surface area contributed by atoms with Gasteiger partial charge in [-0.3, -0.25) is 4.98 Å². The molecule has 17 heavy (non-hydrogen) atoms. The van der Waals surface area contributed by atoms with Gasteiger partial charge in [0.05, 0.1) is 5.51 Å². The molecule has 0 fully saturated rings. The van der Waals surface area contributed by atoms with Crippen LogP contribution in [0.4, 0.5) is 8.78 Å². The first-order valence-corrected chi connectivity index (χ1v) is 6.10. The van der Waals surface area contributed by atoms with E-state index in [9.17, 15) is 8.78 Å². The van der Waals surface area contributed by atoms with Gasteiger partial charge < -0.3 is 5.32 Å². The SMILES string of the molecule is CC(NCc1cncs1)c1cc(F)cc(F)c1. The lowest BCUT2D eigenvalue weighted by atomic mass is 10.1. The molecular weight excluding hydrogens is 242 g/mol. The molecule has 2 rings (SSSR count). The summed E-state index contributed by atoms with van der Waals surface area (Å²) in [6.07, 6.45) is 1.77. The molecule has 1 heterocycles. The predicted octanol–water partition coefficient (Wildman–Crippen LogP) is 3.27. The van der Waals surface area contributed by atoms with Gasteiger partial charge in [0, 0.05) is 29.7 Å². The number of hydrogen-bond acceptors (Lipinski definition) is 3. The molecule has 0 spiro atoms. The van der Waals surface area contributed by atoms with Gasteiger partial charge >= 0.3 is 0 Å². The summed E-state index contributed by atoms with van der Waals surface area (Å²) in [4.78, 5) is 5.05. The molecule has 5 heteroatoms. The predicted molar refractivity (Wildman–Crippen MR) is 63.7 cm³/mol. The first-order valence-electron chi connectivity index (χ1n) is 5.22. The number of hydrogen-bond donors (Lipinski definition) is 1. The summed E-state index contributed by atoms with van der Waals surface area (Å²) in [6, 6.07) is 3.45. The van der Waals surface area contributed by atoms with Crippen LogP contribution in [-0.4, -0.2) is 4.98 Å². The fourth-order valence-electron chi connectivity index (χ4n) is 1.53. The first kappa shape index (κ1) is 12.1. The van der Waals surface area contributed by atoms with E-state index in [2.05, 4.69) is 10.3 Å². The van der Waals surface area contributed by atoms with Crippen molar-refractivity contribution in [3.8, 4) is 0 Å². The second kappa shape index (κ2) is 5.33. The van der Waals surface area contributed by atoms with Gasteiger partial charge in [-0.2, -0.15) is 0 Å².